The van der Waals surface area contributed by atoms with E-state index in [9.17, 15) is 0 Å². The van der Waals surface area contributed by atoms with Crippen molar-refractivity contribution in [2.24, 2.45) is 0 Å². The zero-order chi connectivity index (χ0) is 16.8. The van der Waals surface area contributed by atoms with Crippen molar-refractivity contribution >= 4 is 0 Å². The van der Waals surface area contributed by atoms with Crippen molar-refractivity contribution in [3.05, 3.63) is 5.82 Å². The van der Waals surface area contributed by atoms with Crippen LogP contribution in [0.2, 0.25) is 0 Å². The lowest BCUT2D eigenvalue weighted by Gasteiger charge is -2.36. The number of piperazine rings is 1. The molecule has 1 aromatic rings. The van der Waals surface area contributed by atoms with Crippen LogP contribution in [-0.4, -0.2) is 66.1 Å². The summed E-state index contributed by atoms with van der Waals surface area (Å²) in [6, 6.07) is 1.36. The predicted octanol–water partition coefficient (Wildman–Crippen LogP) is -1.11. The number of methoxy groups -OCH3 is 1. The molecule has 2 N–H and O–H groups in total. The average Bonchev–Trinajstić information content (AvgIpc) is 3.30. The van der Waals surface area contributed by atoms with Crippen LogP contribution < -0.4 is 9.80 Å². The van der Waals surface area contributed by atoms with Gasteiger partial charge in [-0.3, -0.25) is 0 Å². The van der Waals surface area contributed by atoms with E-state index in [-0.39, 0.29) is 0 Å². The maximum absolute atomic E-state index is 5.20. The van der Waals surface area contributed by atoms with E-state index in [1.54, 1.807) is 12.0 Å². The van der Waals surface area contributed by atoms with Gasteiger partial charge in [0.15, 0.2) is 0 Å². The Morgan fingerprint density at radius 3 is 2.62 bits per heavy atom. The first-order chi connectivity index (χ1) is 11.8. The van der Waals surface area contributed by atoms with Crippen molar-refractivity contribution in [1.82, 2.24) is 20.2 Å². The van der Waals surface area contributed by atoms with Gasteiger partial charge in [-0.2, -0.15) is 0 Å². The lowest BCUT2D eigenvalue weighted by atomic mass is 10.1. The highest BCUT2D eigenvalue weighted by Crippen LogP contribution is 2.15. The third-order valence-corrected chi connectivity index (χ3v) is 5.92. The van der Waals surface area contributed by atoms with E-state index >= 15 is 0 Å². The minimum absolute atomic E-state index is 0.423. The van der Waals surface area contributed by atoms with Gasteiger partial charge in [0.25, 0.3) is 0 Å². The van der Waals surface area contributed by atoms with Gasteiger partial charge in [-0.25, -0.2) is 4.68 Å². The van der Waals surface area contributed by atoms with Gasteiger partial charge >= 0.3 is 0 Å². The fourth-order valence-electron chi connectivity index (χ4n) is 4.59. The van der Waals surface area contributed by atoms with E-state index in [0.717, 1.165) is 24.8 Å². The second-order valence-electron chi connectivity index (χ2n) is 7.39. The molecule has 2 aliphatic rings. The van der Waals surface area contributed by atoms with Crippen molar-refractivity contribution in [3.8, 4) is 0 Å². The lowest BCUT2D eigenvalue weighted by molar-refractivity contribution is -1.04. The van der Waals surface area contributed by atoms with Crippen LogP contribution in [0.4, 0.5) is 0 Å². The molecule has 1 saturated carbocycles. The summed E-state index contributed by atoms with van der Waals surface area (Å²) < 4.78 is 7.15. The standard InChI is InChI=1S/C17H32N6O/c1-3-6-16(17-18-19-20-23(17)13-14-24-2)22-11-9-21(10-12-22)15-7-4-5-8-15/h15-16H,3-14H2,1-2H3/p+2/t16-/m0/s1. The summed E-state index contributed by atoms with van der Waals surface area (Å²) in [7, 11) is 1.73. The van der Waals surface area contributed by atoms with Crippen molar-refractivity contribution in [3.63, 3.8) is 0 Å². The first-order valence-corrected chi connectivity index (χ1v) is 9.77. The zero-order valence-electron chi connectivity index (χ0n) is 15.3. The molecule has 0 amide bonds. The van der Waals surface area contributed by atoms with Crippen LogP contribution >= 0.6 is 0 Å². The molecular formula is C17H34N6O+2. The summed E-state index contributed by atoms with van der Waals surface area (Å²) in [6.07, 6.45) is 8.09. The number of ether oxygens (including phenoxy) is 1. The smallest absolute Gasteiger partial charge is 0.209 e. The van der Waals surface area contributed by atoms with Crippen LogP contribution in [-0.2, 0) is 11.3 Å². The Morgan fingerprint density at radius 2 is 1.96 bits per heavy atom. The first kappa shape index (κ1) is 17.8. The number of quaternary nitrogens is 2. The second kappa shape index (κ2) is 8.87. The number of hydrogen-bond acceptors (Lipinski definition) is 4. The van der Waals surface area contributed by atoms with Crippen LogP contribution in [0.3, 0.4) is 0 Å². The number of aromatic nitrogens is 4. The fourth-order valence-corrected chi connectivity index (χ4v) is 4.59. The van der Waals surface area contributed by atoms with Gasteiger partial charge in [-0.05, 0) is 36.1 Å². The molecule has 1 aliphatic carbocycles. The molecule has 1 aliphatic heterocycles. The molecule has 0 bridgehead atoms. The number of nitrogens with one attached hydrogen (secondary N) is 2. The predicted molar refractivity (Wildman–Crippen MR) is 91.0 cm³/mol. The van der Waals surface area contributed by atoms with Gasteiger partial charge in [0.2, 0.25) is 5.82 Å². The van der Waals surface area contributed by atoms with Crippen molar-refractivity contribution in [2.75, 3.05) is 39.9 Å². The molecule has 1 atom stereocenters. The van der Waals surface area contributed by atoms with Gasteiger partial charge in [0, 0.05) is 13.5 Å². The molecule has 7 nitrogen and oxygen atoms in total. The highest BCUT2D eigenvalue weighted by atomic mass is 16.5. The second-order valence-corrected chi connectivity index (χ2v) is 7.39. The Labute approximate surface area is 145 Å². The van der Waals surface area contributed by atoms with Crippen LogP contribution in [0.5, 0.6) is 0 Å². The number of rotatable bonds is 8. The summed E-state index contributed by atoms with van der Waals surface area (Å²) in [5.74, 6) is 1.05. The van der Waals surface area contributed by atoms with Crippen LogP contribution in [0.15, 0.2) is 0 Å². The average molecular weight is 339 g/mol. The van der Waals surface area contributed by atoms with Crippen molar-refractivity contribution < 1.29 is 14.5 Å². The normalized spacial score (nSPS) is 26.8. The Balaban J connectivity index is 1.62. The molecule has 136 valence electrons. The fraction of sp³-hybridized carbons (Fsp3) is 0.941. The van der Waals surface area contributed by atoms with Crippen molar-refractivity contribution in [2.45, 2.75) is 64.1 Å². The van der Waals surface area contributed by atoms with E-state index in [1.807, 2.05) is 9.58 Å². The minimum atomic E-state index is 0.423. The van der Waals surface area contributed by atoms with E-state index in [2.05, 4.69) is 22.4 Å². The summed E-state index contributed by atoms with van der Waals surface area (Å²) in [4.78, 5) is 3.53. The molecule has 2 heterocycles. The molecule has 24 heavy (non-hydrogen) atoms. The van der Waals surface area contributed by atoms with Gasteiger partial charge < -0.3 is 14.5 Å². The monoisotopic (exact) mass is 338 g/mol. The minimum Gasteiger partial charge on any atom is -0.383 e. The highest BCUT2D eigenvalue weighted by molar-refractivity contribution is 4.87. The Morgan fingerprint density at radius 1 is 1.21 bits per heavy atom. The number of nitrogens with zero attached hydrogens (tertiary/aromatic N) is 4. The molecule has 0 unspecified atom stereocenters. The maximum atomic E-state index is 5.20. The first-order valence-electron chi connectivity index (χ1n) is 9.77. The topological polar surface area (TPSA) is 61.7 Å². The van der Waals surface area contributed by atoms with E-state index in [1.165, 1.54) is 58.3 Å². The summed E-state index contributed by atoms with van der Waals surface area (Å²) in [5, 5.41) is 12.5. The molecule has 0 radical (unpaired) electrons. The van der Waals surface area contributed by atoms with Crippen LogP contribution in [0.25, 0.3) is 0 Å². The van der Waals surface area contributed by atoms with Gasteiger partial charge in [-0.15, -0.1) is 5.10 Å². The van der Waals surface area contributed by atoms with E-state index < -0.39 is 0 Å². The molecular weight excluding hydrogens is 304 g/mol. The third-order valence-electron chi connectivity index (χ3n) is 5.92. The Hall–Kier alpha value is -1.05. The largest absolute Gasteiger partial charge is 0.383 e. The summed E-state index contributed by atoms with van der Waals surface area (Å²) in [5.41, 5.74) is 0. The van der Waals surface area contributed by atoms with Gasteiger partial charge in [0.1, 0.15) is 32.2 Å². The lowest BCUT2D eigenvalue weighted by Crippen LogP contribution is -3.29. The number of hydrogen-bond donors (Lipinski definition) is 2. The Bertz CT molecular complexity index is 479. The number of tetrazole rings is 1. The van der Waals surface area contributed by atoms with Crippen LogP contribution in [0, 0.1) is 0 Å². The van der Waals surface area contributed by atoms with Crippen LogP contribution in [0.1, 0.15) is 57.3 Å². The molecule has 3 rings (SSSR count). The quantitative estimate of drug-likeness (QED) is 0.631. The highest BCUT2D eigenvalue weighted by Gasteiger charge is 2.36. The molecule has 1 saturated heterocycles. The molecule has 2 fully saturated rings. The maximum Gasteiger partial charge on any atom is 0.209 e. The van der Waals surface area contributed by atoms with E-state index in [4.69, 9.17) is 4.74 Å². The summed E-state index contributed by atoms with van der Waals surface area (Å²) in [6.45, 7) is 8.76. The molecule has 0 spiro atoms. The SMILES string of the molecule is CCC[C@@H](c1nnnn1CCOC)[NH+]1CC[NH+](C2CCCC2)CC1. The van der Waals surface area contributed by atoms with Gasteiger partial charge in [0.05, 0.1) is 19.2 Å². The zero-order valence-corrected chi connectivity index (χ0v) is 15.3. The van der Waals surface area contributed by atoms with E-state index in [0.29, 0.717) is 12.6 Å². The third kappa shape index (κ3) is 4.13. The molecule has 7 heteroatoms. The van der Waals surface area contributed by atoms with Gasteiger partial charge in [-0.1, -0.05) is 13.3 Å². The Kier molecular flexibility index (Phi) is 6.57. The summed E-state index contributed by atoms with van der Waals surface area (Å²) >= 11 is 0. The molecule has 1 aromatic heterocycles. The van der Waals surface area contributed by atoms with Crippen molar-refractivity contribution in [1.29, 1.82) is 0 Å². The molecule has 0 aromatic carbocycles.